The van der Waals surface area contributed by atoms with E-state index in [-0.39, 0.29) is 5.69 Å². The Bertz CT molecular complexity index is 430. The molecule has 0 radical (unpaired) electrons. The predicted octanol–water partition coefficient (Wildman–Crippen LogP) is 1.27. The second kappa shape index (κ2) is 3.75. The Hall–Kier alpha value is -1.43. The van der Waals surface area contributed by atoms with E-state index >= 15 is 0 Å². The van der Waals surface area contributed by atoms with Crippen molar-refractivity contribution in [1.29, 1.82) is 0 Å². The molecular weight excluding hydrogens is 218 g/mol. The Morgan fingerprint density at radius 3 is 2.50 bits per heavy atom. The van der Waals surface area contributed by atoms with Gasteiger partial charge in [0.2, 0.25) is 0 Å². The van der Waals surface area contributed by atoms with Crippen molar-refractivity contribution in [2.45, 2.75) is 6.43 Å². The molecule has 7 heteroatoms. The van der Waals surface area contributed by atoms with Crippen LogP contribution in [0.15, 0.2) is 11.0 Å². The third-order valence-electron chi connectivity index (χ3n) is 1.58. The van der Waals surface area contributed by atoms with Gasteiger partial charge >= 0.3 is 0 Å². The molecule has 0 saturated carbocycles. The van der Waals surface area contributed by atoms with Crippen LogP contribution in [0.5, 0.6) is 0 Å². The second-order valence-corrected chi connectivity index (χ2v) is 2.78. The van der Waals surface area contributed by atoms with Crippen LogP contribution in [-0.2, 0) is 0 Å². The highest BCUT2D eigenvalue weighted by Gasteiger charge is 2.23. The fourth-order valence-electron chi connectivity index (χ4n) is 0.990. The lowest BCUT2D eigenvalue weighted by Crippen LogP contribution is -2.19. The molecule has 76 valence electrons. The molecular formula is C7H5ClF2N2O2. The van der Waals surface area contributed by atoms with E-state index in [9.17, 15) is 18.4 Å². The van der Waals surface area contributed by atoms with Gasteiger partial charge in [-0.15, -0.1) is 0 Å². The van der Waals surface area contributed by atoms with Crippen molar-refractivity contribution in [1.82, 2.24) is 4.98 Å². The summed E-state index contributed by atoms with van der Waals surface area (Å²) in [5.74, 6) is 0. The number of pyridine rings is 1. The number of aromatic amines is 1. The number of halogens is 3. The summed E-state index contributed by atoms with van der Waals surface area (Å²) < 4.78 is 24.7. The molecule has 1 heterocycles. The van der Waals surface area contributed by atoms with E-state index in [1.807, 2.05) is 4.98 Å². The van der Waals surface area contributed by atoms with Crippen LogP contribution in [0, 0.1) is 0 Å². The number of H-pyrrole nitrogens is 1. The zero-order chi connectivity index (χ0) is 10.9. The van der Waals surface area contributed by atoms with E-state index in [4.69, 9.17) is 17.3 Å². The molecule has 0 aromatic carbocycles. The summed E-state index contributed by atoms with van der Waals surface area (Å²) in [4.78, 5) is 23.7. The van der Waals surface area contributed by atoms with E-state index in [1.165, 1.54) is 0 Å². The zero-order valence-corrected chi connectivity index (χ0v) is 7.44. The van der Waals surface area contributed by atoms with Crippen molar-refractivity contribution in [3.05, 3.63) is 27.7 Å². The van der Waals surface area contributed by atoms with E-state index < -0.39 is 28.4 Å². The van der Waals surface area contributed by atoms with Gasteiger partial charge in [0, 0.05) is 6.20 Å². The molecule has 0 aliphatic carbocycles. The van der Waals surface area contributed by atoms with Gasteiger partial charge in [0.15, 0.2) is 0 Å². The summed E-state index contributed by atoms with van der Waals surface area (Å²) >= 11 is 5.02. The fourth-order valence-corrected chi connectivity index (χ4v) is 1.20. The average molecular weight is 223 g/mol. The van der Waals surface area contributed by atoms with Gasteiger partial charge < -0.3 is 10.7 Å². The Morgan fingerprint density at radius 2 is 2.14 bits per heavy atom. The van der Waals surface area contributed by atoms with Crippen molar-refractivity contribution >= 4 is 22.5 Å². The largest absolute Gasteiger partial charge is 0.397 e. The van der Waals surface area contributed by atoms with E-state index in [2.05, 4.69) is 0 Å². The summed E-state index contributed by atoms with van der Waals surface area (Å²) in [6.07, 6.45) is -2.15. The van der Waals surface area contributed by atoms with Gasteiger partial charge in [0.25, 0.3) is 17.2 Å². The predicted molar refractivity (Wildman–Crippen MR) is 46.6 cm³/mol. The molecule has 0 saturated heterocycles. The first kappa shape index (κ1) is 10.6. The molecule has 0 amide bonds. The van der Waals surface area contributed by atoms with Crippen molar-refractivity contribution in [3.8, 4) is 0 Å². The number of alkyl halides is 2. The molecule has 1 rings (SSSR count). The van der Waals surface area contributed by atoms with Gasteiger partial charge in [0.05, 0.1) is 16.8 Å². The van der Waals surface area contributed by atoms with Gasteiger partial charge in [-0.05, 0) is 11.6 Å². The summed E-state index contributed by atoms with van der Waals surface area (Å²) in [5.41, 5.74) is 2.24. The number of hydrogen-bond donors (Lipinski definition) is 2. The number of nitrogens with two attached hydrogens (primary N) is 1. The van der Waals surface area contributed by atoms with Gasteiger partial charge in [-0.1, -0.05) is 0 Å². The molecule has 0 spiro atoms. The third-order valence-corrected chi connectivity index (χ3v) is 1.77. The maximum Gasteiger partial charge on any atom is 0.269 e. The monoisotopic (exact) mass is 222 g/mol. The number of aromatic nitrogens is 1. The topological polar surface area (TPSA) is 76.0 Å². The quantitative estimate of drug-likeness (QED) is 0.740. The molecule has 4 nitrogen and oxygen atoms in total. The van der Waals surface area contributed by atoms with Crippen molar-refractivity contribution < 1.29 is 13.6 Å². The molecule has 0 bridgehead atoms. The first-order chi connectivity index (χ1) is 6.45. The minimum Gasteiger partial charge on any atom is -0.397 e. The van der Waals surface area contributed by atoms with Gasteiger partial charge in [0.1, 0.15) is 0 Å². The molecule has 1 aromatic rings. The number of carbonyl (C=O) groups is 1. The highest BCUT2D eigenvalue weighted by atomic mass is 35.5. The number of rotatable bonds is 2. The van der Waals surface area contributed by atoms with Crippen molar-refractivity contribution in [3.63, 3.8) is 0 Å². The lowest BCUT2D eigenvalue weighted by atomic mass is 10.1. The normalized spacial score (nSPS) is 10.6. The highest BCUT2D eigenvalue weighted by Crippen LogP contribution is 2.24. The van der Waals surface area contributed by atoms with Crippen LogP contribution in [0.4, 0.5) is 14.5 Å². The third kappa shape index (κ3) is 1.74. The fraction of sp³-hybridized carbons (Fsp3) is 0.143. The van der Waals surface area contributed by atoms with Crippen LogP contribution in [0.2, 0.25) is 0 Å². The summed E-state index contributed by atoms with van der Waals surface area (Å²) in [7, 11) is 0. The molecule has 0 fully saturated rings. The molecule has 0 aliphatic rings. The zero-order valence-electron chi connectivity index (χ0n) is 6.68. The Kier molecular flexibility index (Phi) is 2.85. The van der Waals surface area contributed by atoms with Crippen LogP contribution in [-0.4, -0.2) is 10.2 Å². The van der Waals surface area contributed by atoms with Crippen LogP contribution in [0.3, 0.4) is 0 Å². The SMILES string of the molecule is Nc1c[nH]c(=O)c(C(F)F)c1C(=O)Cl. The second-order valence-electron chi connectivity index (χ2n) is 2.44. The average Bonchev–Trinajstić information content (AvgIpc) is 2.07. The van der Waals surface area contributed by atoms with Crippen LogP contribution < -0.4 is 11.3 Å². The van der Waals surface area contributed by atoms with Crippen molar-refractivity contribution in [2.24, 2.45) is 0 Å². The first-order valence-electron chi connectivity index (χ1n) is 3.44. The smallest absolute Gasteiger partial charge is 0.269 e. The number of anilines is 1. The van der Waals surface area contributed by atoms with Gasteiger partial charge in [-0.2, -0.15) is 0 Å². The van der Waals surface area contributed by atoms with Crippen LogP contribution in [0.25, 0.3) is 0 Å². The molecule has 1 aromatic heterocycles. The maximum absolute atomic E-state index is 12.3. The summed E-state index contributed by atoms with van der Waals surface area (Å²) in [6.45, 7) is 0. The lowest BCUT2D eigenvalue weighted by molar-refractivity contribution is 0.106. The molecule has 0 aliphatic heterocycles. The highest BCUT2D eigenvalue weighted by molar-refractivity contribution is 6.68. The minimum absolute atomic E-state index is 0.278. The number of nitrogens with one attached hydrogen (secondary N) is 1. The standard InChI is InChI=1S/C7H5ClF2N2O2/c8-5(13)3-2(11)1-12-7(14)4(3)6(9)10/h1,6H,11H2,(H,12,14). The number of hydrogen-bond acceptors (Lipinski definition) is 3. The molecule has 0 unspecified atom stereocenters. The van der Waals surface area contributed by atoms with Crippen LogP contribution >= 0.6 is 11.6 Å². The first-order valence-corrected chi connectivity index (χ1v) is 3.82. The Balaban J connectivity index is 3.58. The Morgan fingerprint density at radius 1 is 1.57 bits per heavy atom. The Labute approximate surface area is 81.7 Å². The summed E-state index contributed by atoms with van der Waals surface area (Å²) in [5, 5.41) is -1.18. The molecule has 0 atom stereocenters. The van der Waals surface area contributed by atoms with E-state index in [0.29, 0.717) is 0 Å². The van der Waals surface area contributed by atoms with Gasteiger partial charge in [-0.25, -0.2) is 8.78 Å². The number of nitrogen functional groups attached to an aromatic ring is 1. The molecule has 14 heavy (non-hydrogen) atoms. The van der Waals surface area contributed by atoms with E-state index in [0.717, 1.165) is 6.20 Å². The van der Waals surface area contributed by atoms with Gasteiger partial charge in [-0.3, -0.25) is 9.59 Å². The molecule has 3 N–H and O–H groups in total. The van der Waals surface area contributed by atoms with Crippen molar-refractivity contribution in [2.75, 3.05) is 5.73 Å². The summed E-state index contributed by atoms with van der Waals surface area (Å²) in [6, 6.07) is 0. The lowest BCUT2D eigenvalue weighted by Gasteiger charge is -2.05. The van der Waals surface area contributed by atoms with E-state index in [1.54, 1.807) is 0 Å². The number of carbonyl (C=O) groups excluding carboxylic acids is 1. The minimum atomic E-state index is -3.10. The van der Waals surface area contributed by atoms with Crippen LogP contribution in [0.1, 0.15) is 22.3 Å². The maximum atomic E-state index is 12.3.